The first-order valence-corrected chi connectivity index (χ1v) is 5.23. The number of benzene rings is 1. The molecule has 4 heteroatoms. The van der Waals surface area contributed by atoms with Crippen molar-refractivity contribution >= 4 is 5.69 Å². The molecule has 1 heterocycles. The molecule has 16 heavy (non-hydrogen) atoms. The SMILES string of the molecule is CCOc1ccc(-c2c(N)cnn2C)cc1. The van der Waals surface area contributed by atoms with Crippen molar-refractivity contribution in [2.45, 2.75) is 6.92 Å². The molecule has 0 atom stereocenters. The molecule has 1 aromatic heterocycles. The smallest absolute Gasteiger partial charge is 0.119 e. The van der Waals surface area contributed by atoms with Crippen molar-refractivity contribution in [2.75, 3.05) is 12.3 Å². The Hall–Kier alpha value is -1.97. The molecule has 0 saturated heterocycles. The Morgan fingerprint density at radius 2 is 2.00 bits per heavy atom. The Morgan fingerprint density at radius 3 is 2.50 bits per heavy atom. The van der Waals surface area contributed by atoms with Crippen LogP contribution in [-0.4, -0.2) is 16.4 Å². The van der Waals surface area contributed by atoms with E-state index in [1.54, 1.807) is 10.9 Å². The van der Waals surface area contributed by atoms with Gasteiger partial charge in [0.2, 0.25) is 0 Å². The van der Waals surface area contributed by atoms with Crippen molar-refractivity contribution in [3.05, 3.63) is 30.5 Å². The summed E-state index contributed by atoms with van der Waals surface area (Å²) in [6, 6.07) is 7.84. The summed E-state index contributed by atoms with van der Waals surface area (Å²) >= 11 is 0. The quantitative estimate of drug-likeness (QED) is 0.856. The molecule has 1 aromatic carbocycles. The fraction of sp³-hybridized carbons (Fsp3) is 0.250. The first-order chi connectivity index (χ1) is 7.72. The summed E-state index contributed by atoms with van der Waals surface area (Å²) in [5, 5.41) is 4.11. The summed E-state index contributed by atoms with van der Waals surface area (Å²) in [7, 11) is 1.88. The van der Waals surface area contributed by atoms with E-state index in [0.29, 0.717) is 12.3 Å². The third-order valence-electron chi connectivity index (χ3n) is 2.41. The van der Waals surface area contributed by atoms with Crippen LogP contribution in [0.1, 0.15) is 6.92 Å². The lowest BCUT2D eigenvalue weighted by Crippen LogP contribution is -1.96. The average Bonchev–Trinajstić information content (AvgIpc) is 2.61. The Balaban J connectivity index is 2.35. The molecule has 0 fully saturated rings. The predicted molar refractivity (Wildman–Crippen MR) is 64.2 cm³/mol. The van der Waals surface area contributed by atoms with Crippen molar-refractivity contribution in [2.24, 2.45) is 7.05 Å². The molecule has 0 aliphatic carbocycles. The molecule has 0 bridgehead atoms. The Morgan fingerprint density at radius 1 is 1.31 bits per heavy atom. The summed E-state index contributed by atoms with van der Waals surface area (Å²) < 4.78 is 7.15. The fourth-order valence-corrected chi connectivity index (χ4v) is 1.68. The highest BCUT2D eigenvalue weighted by molar-refractivity contribution is 5.72. The first kappa shape index (κ1) is 10.5. The normalized spacial score (nSPS) is 10.4. The van der Waals surface area contributed by atoms with Crippen LogP contribution in [-0.2, 0) is 7.05 Å². The van der Waals surface area contributed by atoms with Crippen LogP contribution in [0.15, 0.2) is 30.5 Å². The summed E-state index contributed by atoms with van der Waals surface area (Å²) in [5.74, 6) is 0.868. The Labute approximate surface area is 94.6 Å². The molecule has 0 amide bonds. The zero-order valence-electron chi connectivity index (χ0n) is 9.47. The van der Waals surface area contributed by atoms with Crippen LogP contribution >= 0.6 is 0 Å². The lowest BCUT2D eigenvalue weighted by Gasteiger charge is -2.06. The van der Waals surface area contributed by atoms with Crippen LogP contribution < -0.4 is 10.5 Å². The number of anilines is 1. The Kier molecular flexibility index (Phi) is 2.81. The van der Waals surface area contributed by atoms with Gasteiger partial charge in [0, 0.05) is 12.6 Å². The van der Waals surface area contributed by atoms with Gasteiger partial charge in [0.15, 0.2) is 0 Å². The van der Waals surface area contributed by atoms with Gasteiger partial charge in [-0.2, -0.15) is 5.10 Å². The molecule has 2 aromatic rings. The summed E-state index contributed by atoms with van der Waals surface area (Å²) in [6.45, 7) is 2.64. The number of nitrogens with two attached hydrogens (primary N) is 1. The molecule has 0 spiro atoms. The molecule has 2 rings (SSSR count). The highest BCUT2D eigenvalue weighted by Crippen LogP contribution is 2.26. The first-order valence-electron chi connectivity index (χ1n) is 5.23. The molecule has 0 aliphatic rings. The van der Waals surface area contributed by atoms with Gasteiger partial charge >= 0.3 is 0 Å². The largest absolute Gasteiger partial charge is 0.494 e. The molecule has 2 N–H and O–H groups in total. The molecular weight excluding hydrogens is 202 g/mol. The summed E-state index contributed by atoms with van der Waals surface area (Å²) in [6.07, 6.45) is 1.66. The number of rotatable bonds is 3. The topological polar surface area (TPSA) is 53.1 Å². The van der Waals surface area contributed by atoms with E-state index in [-0.39, 0.29) is 0 Å². The minimum absolute atomic E-state index is 0.674. The van der Waals surface area contributed by atoms with Gasteiger partial charge in [-0.05, 0) is 31.2 Å². The van der Waals surface area contributed by atoms with Crippen LogP contribution in [0.3, 0.4) is 0 Å². The van der Waals surface area contributed by atoms with E-state index in [4.69, 9.17) is 10.5 Å². The molecular formula is C12H15N3O. The van der Waals surface area contributed by atoms with Gasteiger partial charge in [-0.25, -0.2) is 0 Å². The second-order valence-electron chi connectivity index (χ2n) is 3.53. The molecule has 0 aliphatic heterocycles. The van der Waals surface area contributed by atoms with E-state index in [1.807, 2.05) is 38.2 Å². The lowest BCUT2D eigenvalue weighted by molar-refractivity contribution is 0.340. The van der Waals surface area contributed by atoms with Gasteiger partial charge in [-0.1, -0.05) is 0 Å². The lowest BCUT2D eigenvalue weighted by atomic mass is 10.1. The van der Waals surface area contributed by atoms with Gasteiger partial charge in [0.1, 0.15) is 5.75 Å². The maximum absolute atomic E-state index is 5.86. The van der Waals surface area contributed by atoms with Crippen LogP contribution in [0.2, 0.25) is 0 Å². The number of nitrogen functional groups attached to an aromatic ring is 1. The Bertz CT molecular complexity index is 454. The third kappa shape index (κ3) is 1.86. The van der Waals surface area contributed by atoms with Crippen molar-refractivity contribution in [1.82, 2.24) is 9.78 Å². The van der Waals surface area contributed by atoms with E-state index in [2.05, 4.69) is 5.10 Å². The van der Waals surface area contributed by atoms with E-state index < -0.39 is 0 Å². The second kappa shape index (κ2) is 4.26. The van der Waals surface area contributed by atoms with Crippen molar-refractivity contribution in [1.29, 1.82) is 0 Å². The zero-order chi connectivity index (χ0) is 11.5. The van der Waals surface area contributed by atoms with Gasteiger partial charge in [0.25, 0.3) is 0 Å². The van der Waals surface area contributed by atoms with Gasteiger partial charge in [-0.3, -0.25) is 4.68 Å². The van der Waals surface area contributed by atoms with E-state index in [9.17, 15) is 0 Å². The number of hydrogen-bond donors (Lipinski definition) is 1. The van der Waals surface area contributed by atoms with Crippen LogP contribution in [0.5, 0.6) is 5.75 Å². The predicted octanol–water partition coefficient (Wildman–Crippen LogP) is 2.07. The monoisotopic (exact) mass is 217 g/mol. The van der Waals surface area contributed by atoms with Crippen molar-refractivity contribution in [3.63, 3.8) is 0 Å². The number of nitrogens with zero attached hydrogens (tertiary/aromatic N) is 2. The van der Waals surface area contributed by atoms with Gasteiger partial charge in [0.05, 0.1) is 24.2 Å². The van der Waals surface area contributed by atoms with E-state index in [0.717, 1.165) is 17.0 Å². The fourth-order valence-electron chi connectivity index (χ4n) is 1.68. The number of ether oxygens (including phenoxy) is 1. The van der Waals surface area contributed by atoms with Gasteiger partial charge < -0.3 is 10.5 Å². The molecule has 4 nitrogen and oxygen atoms in total. The van der Waals surface area contributed by atoms with E-state index in [1.165, 1.54) is 0 Å². The van der Waals surface area contributed by atoms with Crippen molar-refractivity contribution < 1.29 is 4.74 Å². The zero-order valence-corrected chi connectivity index (χ0v) is 9.47. The summed E-state index contributed by atoms with van der Waals surface area (Å²) in [4.78, 5) is 0. The molecule has 0 unspecified atom stereocenters. The maximum atomic E-state index is 5.86. The minimum atomic E-state index is 0.674. The van der Waals surface area contributed by atoms with Crippen LogP contribution in [0, 0.1) is 0 Å². The highest BCUT2D eigenvalue weighted by Gasteiger charge is 2.07. The average molecular weight is 217 g/mol. The summed E-state index contributed by atoms with van der Waals surface area (Å²) in [5.41, 5.74) is 8.52. The third-order valence-corrected chi connectivity index (χ3v) is 2.41. The van der Waals surface area contributed by atoms with Crippen molar-refractivity contribution in [3.8, 4) is 17.0 Å². The molecule has 0 saturated carbocycles. The van der Waals surface area contributed by atoms with Gasteiger partial charge in [-0.15, -0.1) is 0 Å². The maximum Gasteiger partial charge on any atom is 0.119 e. The second-order valence-corrected chi connectivity index (χ2v) is 3.53. The number of hydrogen-bond acceptors (Lipinski definition) is 3. The number of aromatic nitrogens is 2. The van der Waals surface area contributed by atoms with Crippen LogP contribution in [0.25, 0.3) is 11.3 Å². The highest BCUT2D eigenvalue weighted by atomic mass is 16.5. The van der Waals surface area contributed by atoms with Crippen LogP contribution in [0.4, 0.5) is 5.69 Å². The van der Waals surface area contributed by atoms with E-state index >= 15 is 0 Å². The standard InChI is InChI=1S/C12H15N3O/c1-3-16-10-6-4-9(5-7-10)12-11(13)8-14-15(12)2/h4-8H,3,13H2,1-2H3. The molecule has 0 radical (unpaired) electrons. The minimum Gasteiger partial charge on any atom is -0.494 e. The molecule has 84 valence electrons. The number of aryl methyl sites for hydroxylation is 1.